The van der Waals surface area contributed by atoms with E-state index in [0.717, 1.165) is 23.2 Å². The van der Waals surface area contributed by atoms with E-state index in [1.165, 1.54) is 0 Å². The molecule has 0 spiro atoms. The molecule has 2 rings (SSSR count). The van der Waals surface area contributed by atoms with Crippen molar-refractivity contribution < 1.29 is 4.79 Å². The van der Waals surface area contributed by atoms with Gasteiger partial charge in [0.05, 0.1) is 6.54 Å². The fraction of sp³-hybridized carbons (Fsp3) is 0.462. The first kappa shape index (κ1) is 13.5. The van der Waals surface area contributed by atoms with Crippen LogP contribution in [0.5, 0.6) is 0 Å². The summed E-state index contributed by atoms with van der Waals surface area (Å²) in [4.78, 5) is 14.0. The van der Waals surface area contributed by atoms with E-state index in [1.807, 2.05) is 24.3 Å². The Morgan fingerprint density at radius 2 is 2.11 bits per heavy atom. The molecule has 4 nitrogen and oxygen atoms in total. The van der Waals surface area contributed by atoms with Crippen molar-refractivity contribution in [2.45, 2.75) is 13.0 Å². The smallest absolute Gasteiger partial charge is 0.238 e. The number of hydrogen-bond donors (Lipinski definition) is 2. The highest BCUT2D eigenvalue weighted by Gasteiger charge is 2.27. The van der Waals surface area contributed by atoms with Crippen molar-refractivity contribution >= 4 is 27.5 Å². The predicted molar refractivity (Wildman–Crippen MR) is 76.4 cm³/mol. The largest absolute Gasteiger partial charge is 0.326 e. The summed E-state index contributed by atoms with van der Waals surface area (Å²) in [7, 11) is 0. The van der Waals surface area contributed by atoms with Crippen molar-refractivity contribution in [2.24, 2.45) is 11.7 Å². The Bertz CT molecular complexity index is 411. The maximum absolute atomic E-state index is 11.9. The number of nitrogens with one attached hydrogen (secondary N) is 1. The molecule has 1 saturated heterocycles. The zero-order chi connectivity index (χ0) is 13.1. The van der Waals surface area contributed by atoms with Crippen LogP contribution in [0.1, 0.15) is 6.92 Å². The van der Waals surface area contributed by atoms with Gasteiger partial charge in [-0.2, -0.15) is 0 Å². The van der Waals surface area contributed by atoms with E-state index in [-0.39, 0.29) is 11.9 Å². The molecule has 1 heterocycles. The molecule has 0 saturated carbocycles. The van der Waals surface area contributed by atoms with Gasteiger partial charge in [0.2, 0.25) is 5.91 Å². The molecule has 2 atom stereocenters. The second-order valence-electron chi connectivity index (χ2n) is 4.89. The fourth-order valence-electron chi connectivity index (χ4n) is 2.16. The topological polar surface area (TPSA) is 58.4 Å². The summed E-state index contributed by atoms with van der Waals surface area (Å²) >= 11 is 3.36. The third-order valence-corrected chi connectivity index (χ3v) is 3.77. The number of likely N-dealkylation sites (tertiary alicyclic amines) is 1. The number of amides is 1. The van der Waals surface area contributed by atoms with Crippen molar-refractivity contribution in [1.29, 1.82) is 0 Å². The molecule has 1 aliphatic heterocycles. The Morgan fingerprint density at radius 1 is 1.44 bits per heavy atom. The van der Waals surface area contributed by atoms with Gasteiger partial charge in [0, 0.05) is 29.3 Å². The fourth-order valence-corrected chi connectivity index (χ4v) is 2.43. The van der Waals surface area contributed by atoms with E-state index in [1.54, 1.807) is 0 Å². The van der Waals surface area contributed by atoms with E-state index < -0.39 is 0 Å². The molecule has 0 bridgehead atoms. The number of nitrogens with zero attached hydrogens (tertiary/aromatic N) is 1. The molecule has 98 valence electrons. The highest BCUT2D eigenvalue weighted by atomic mass is 79.9. The van der Waals surface area contributed by atoms with E-state index in [0.29, 0.717) is 12.5 Å². The van der Waals surface area contributed by atoms with E-state index >= 15 is 0 Å². The van der Waals surface area contributed by atoms with Gasteiger partial charge in [-0.3, -0.25) is 9.69 Å². The summed E-state index contributed by atoms with van der Waals surface area (Å²) in [6.45, 7) is 4.23. The summed E-state index contributed by atoms with van der Waals surface area (Å²) in [5, 5.41) is 2.88. The van der Waals surface area contributed by atoms with Crippen molar-refractivity contribution in [3.8, 4) is 0 Å². The molecular weight excluding hydrogens is 294 g/mol. The lowest BCUT2D eigenvalue weighted by atomic mass is 10.1. The van der Waals surface area contributed by atoms with Gasteiger partial charge in [0.25, 0.3) is 0 Å². The molecule has 3 N–H and O–H groups in total. The molecule has 18 heavy (non-hydrogen) atoms. The number of carbonyl (C=O) groups is 1. The van der Waals surface area contributed by atoms with Crippen LogP contribution in [0, 0.1) is 5.92 Å². The van der Waals surface area contributed by atoms with Crippen molar-refractivity contribution in [2.75, 3.05) is 25.0 Å². The molecular formula is C13H18BrN3O. The minimum Gasteiger partial charge on any atom is -0.326 e. The van der Waals surface area contributed by atoms with Crippen LogP contribution in [0.15, 0.2) is 28.7 Å². The van der Waals surface area contributed by atoms with Crippen molar-refractivity contribution in [1.82, 2.24) is 4.90 Å². The van der Waals surface area contributed by atoms with E-state index in [9.17, 15) is 4.79 Å². The number of halogens is 1. The maximum Gasteiger partial charge on any atom is 0.238 e. The Balaban J connectivity index is 1.84. The normalized spacial score (nSPS) is 24.2. The lowest BCUT2D eigenvalue weighted by Crippen LogP contribution is -2.33. The van der Waals surface area contributed by atoms with E-state index in [4.69, 9.17) is 5.73 Å². The summed E-state index contributed by atoms with van der Waals surface area (Å²) < 4.78 is 1.000. The van der Waals surface area contributed by atoms with Crippen molar-refractivity contribution in [3.05, 3.63) is 28.7 Å². The molecule has 5 heteroatoms. The molecule has 1 aliphatic rings. The highest BCUT2D eigenvalue weighted by molar-refractivity contribution is 9.10. The molecule has 0 aliphatic carbocycles. The molecule has 1 amide bonds. The van der Waals surface area contributed by atoms with Gasteiger partial charge in [-0.15, -0.1) is 0 Å². The average molecular weight is 312 g/mol. The molecule has 2 unspecified atom stereocenters. The lowest BCUT2D eigenvalue weighted by molar-refractivity contribution is -0.117. The average Bonchev–Trinajstić information content (AvgIpc) is 2.61. The predicted octanol–water partition coefficient (Wildman–Crippen LogP) is 1.67. The van der Waals surface area contributed by atoms with Crippen LogP contribution in [0.4, 0.5) is 5.69 Å². The van der Waals surface area contributed by atoms with Crippen molar-refractivity contribution in [3.63, 3.8) is 0 Å². The molecule has 1 aromatic rings. The quantitative estimate of drug-likeness (QED) is 0.892. The molecule has 0 radical (unpaired) electrons. The second kappa shape index (κ2) is 5.82. The van der Waals surface area contributed by atoms with Gasteiger partial charge >= 0.3 is 0 Å². The minimum atomic E-state index is 0.0126. The molecule has 1 aromatic carbocycles. The Morgan fingerprint density at radius 3 is 2.67 bits per heavy atom. The monoisotopic (exact) mass is 311 g/mol. The van der Waals surface area contributed by atoms with Gasteiger partial charge in [-0.25, -0.2) is 0 Å². The second-order valence-corrected chi connectivity index (χ2v) is 5.81. The van der Waals surface area contributed by atoms with Gasteiger partial charge in [-0.1, -0.05) is 22.9 Å². The third-order valence-electron chi connectivity index (χ3n) is 3.24. The maximum atomic E-state index is 11.9. The number of carbonyl (C=O) groups excluding carboxylic acids is 1. The van der Waals surface area contributed by atoms with Crippen LogP contribution in [0.25, 0.3) is 0 Å². The summed E-state index contributed by atoms with van der Waals surface area (Å²) in [6, 6.07) is 7.75. The summed E-state index contributed by atoms with van der Waals surface area (Å²) in [5.74, 6) is 0.476. The first-order valence-electron chi connectivity index (χ1n) is 6.08. The first-order valence-corrected chi connectivity index (χ1v) is 6.87. The van der Waals surface area contributed by atoms with E-state index in [2.05, 4.69) is 33.1 Å². The van der Waals surface area contributed by atoms with Crippen LogP contribution < -0.4 is 11.1 Å². The van der Waals surface area contributed by atoms with Gasteiger partial charge in [-0.05, 0) is 30.2 Å². The van der Waals surface area contributed by atoms with Gasteiger partial charge in [0.15, 0.2) is 0 Å². The Labute approximate surface area is 116 Å². The summed E-state index contributed by atoms with van der Waals surface area (Å²) in [5.41, 5.74) is 6.75. The Kier molecular flexibility index (Phi) is 4.37. The highest BCUT2D eigenvalue weighted by Crippen LogP contribution is 2.16. The molecule has 1 fully saturated rings. The minimum absolute atomic E-state index is 0.0126. The van der Waals surface area contributed by atoms with Crippen LogP contribution in [-0.4, -0.2) is 36.5 Å². The van der Waals surface area contributed by atoms with Gasteiger partial charge < -0.3 is 11.1 Å². The first-order chi connectivity index (χ1) is 8.54. The standard InChI is InChI=1S/C13H18BrN3O/c1-9-6-17(7-12(9)15)8-13(18)16-11-4-2-10(14)3-5-11/h2-5,9,12H,6-8,15H2,1H3,(H,16,18). The number of benzene rings is 1. The van der Waals surface area contributed by atoms with Crippen LogP contribution in [0.3, 0.4) is 0 Å². The number of anilines is 1. The number of nitrogens with two attached hydrogens (primary N) is 1. The van der Waals surface area contributed by atoms with Crippen LogP contribution >= 0.6 is 15.9 Å². The van der Waals surface area contributed by atoms with Gasteiger partial charge in [0.1, 0.15) is 0 Å². The SMILES string of the molecule is CC1CN(CC(=O)Nc2ccc(Br)cc2)CC1N. The molecule has 0 aromatic heterocycles. The Hall–Kier alpha value is -0.910. The number of hydrogen-bond acceptors (Lipinski definition) is 3. The van der Waals surface area contributed by atoms with Crippen LogP contribution in [-0.2, 0) is 4.79 Å². The zero-order valence-corrected chi connectivity index (χ0v) is 12.0. The summed E-state index contributed by atoms with van der Waals surface area (Å²) in [6.07, 6.45) is 0. The number of rotatable bonds is 3. The van der Waals surface area contributed by atoms with Crippen LogP contribution in [0.2, 0.25) is 0 Å². The zero-order valence-electron chi connectivity index (χ0n) is 10.4. The lowest BCUT2D eigenvalue weighted by Gasteiger charge is -2.14. The third kappa shape index (κ3) is 3.54.